The van der Waals surface area contributed by atoms with E-state index in [0.717, 1.165) is 15.7 Å². The smallest absolute Gasteiger partial charge is 0.255 e. The van der Waals surface area contributed by atoms with Gasteiger partial charge < -0.3 is 5.32 Å². The Labute approximate surface area is 128 Å². The van der Waals surface area contributed by atoms with E-state index in [4.69, 9.17) is 0 Å². The predicted octanol–water partition coefficient (Wildman–Crippen LogP) is 5.13. The number of anilines is 1. The van der Waals surface area contributed by atoms with Crippen LogP contribution in [0.15, 0.2) is 46.9 Å². The SMILES string of the molecule is Cc1c(Br)cccc1C(=O)Nc1ccc(C(C)C)cc1. The molecule has 0 spiro atoms. The summed E-state index contributed by atoms with van der Waals surface area (Å²) < 4.78 is 0.945. The second-order valence-electron chi connectivity index (χ2n) is 5.14. The van der Waals surface area contributed by atoms with E-state index < -0.39 is 0 Å². The Bertz CT molecular complexity index is 617. The van der Waals surface area contributed by atoms with Gasteiger partial charge in [0.25, 0.3) is 5.91 Å². The molecule has 0 atom stereocenters. The fourth-order valence-electron chi connectivity index (χ4n) is 2.00. The summed E-state index contributed by atoms with van der Waals surface area (Å²) in [5.74, 6) is 0.410. The molecule has 2 rings (SSSR count). The number of nitrogens with one attached hydrogen (secondary N) is 1. The molecular weight excluding hydrogens is 314 g/mol. The first-order valence-electron chi connectivity index (χ1n) is 6.65. The van der Waals surface area contributed by atoms with E-state index >= 15 is 0 Å². The first kappa shape index (κ1) is 14.8. The van der Waals surface area contributed by atoms with Crippen LogP contribution >= 0.6 is 15.9 Å². The second-order valence-corrected chi connectivity index (χ2v) is 6.00. The highest BCUT2D eigenvalue weighted by atomic mass is 79.9. The van der Waals surface area contributed by atoms with Crippen molar-refractivity contribution in [2.45, 2.75) is 26.7 Å². The Hall–Kier alpha value is -1.61. The molecule has 0 aliphatic heterocycles. The lowest BCUT2D eigenvalue weighted by Crippen LogP contribution is -2.13. The molecule has 3 heteroatoms. The van der Waals surface area contributed by atoms with Crippen molar-refractivity contribution in [1.82, 2.24) is 0 Å². The van der Waals surface area contributed by atoms with Crippen molar-refractivity contribution in [1.29, 1.82) is 0 Å². The minimum atomic E-state index is -0.0823. The summed E-state index contributed by atoms with van der Waals surface area (Å²) in [4.78, 5) is 12.3. The van der Waals surface area contributed by atoms with Crippen LogP contribution in [0.2, 0.25) is 0 Å². The number of carbonyl (C=O) groups is 1. The predicted molar refractivity (Wildman–Crippen MR) is 87.4 cm³/mol. The Kier molecular flexibility index (Phi) is 4.61. The van der Waals surface area contributed by atoms with Crippen LogP contribution in [0.1, 0.15) is 41.3 Å². The van der Waals surface area contributed by atoms with Gasteiger partial charge in [0.2, 0.25) is 0 Å². The maximum absolute atomic E-state index is 12.3. The van der Waals surface area contributed by atoms with E-state index in [0.29, 0.717) is 11.5 Å². The van der Waals surface area contributed by atoms with Gasteiger partial charge in [0.1, 0.15) is 0 Å². The molecule has 0 bridgehead atoms. The molecule has 104 valence electrons. The van der Waals surface area contributed by atoms with Gasteiger partial charge in [0, 0.05) is 15.7 Å². The molecule has 0 aliphatic rings. The summed E-state index contributed by atoms with van der Waals surface area (Å²) in [5.41, 5.74) is 3.72. The van der Waals surface area contributed by atoms with E-state index in [2.05, 4.69) is 35.1 Å². The lowest BCUT2D eigenvalue weighted by molar-refractivity contribution is 0.102. The highest BCUT2D eigenvalue weighted by Gasteiger charge is 2.11. The van der Waals surface area contributed by atoms with Gasteiger partial charge in [-0.3, -0.25) is 4.79 Å². The van der Waals surface area contributed by atoms with E-state index in [1.807, 2.05) is 49.4 Å². The zero-order valence-electron chi connectivity index (χ0n) is 11.9. The van der Waals surface area contributed by atoms with Gasteiger partial charge in [-0.15, -0.1) is 0 Å². The zero-order chi connectivity index (χ0) is 14.7. The molecule has 0 radical (unpaired) electrons. The van der Waals surface area contributed by atoms with Crippen LogP contribution in [0.25, 0.3) is 0 Å². The zero-order valence-corrected chi connectivity index (χ0v) is 13.5. The summed E-state index contributed by atoms with van der Waals surface area (Å²) in [6, 6.07) is 13.6. The van der Waals surface area contributed by atoms with Gasteiger partial charge in [-0.2, -0.15) is 0 Å². The van der Waals surface area contributed by atoms with Crippen LogP contribution < -0.4 is 5.32 Å². The lowest BCUT2D eigenvalue weighted by atomic mass is 10.0. The maximum Gasteiger partial charge on any atom is 0.255 e. The number of rotatable bonds is 3. The van der Waals surface area contributed by atoms with Crippen molar-refractivity contribution in [2.75, 3.05) is 5.32 Å². The quantitative estimate of drug-likeness (QED) is 0.829. The summed E-state index contributed by atoms with van der Waals surface area (Å²) >= 11 is 3.45. The van der Waals surface area contributed by atoms with E-state index in [1.54, 1.807) is 0 Å². The summed E-state index contributed by atoms with van der Waals surface area (Å²) in [5, 5.41) is 2.93. The topological polar surface area (TPSA) is 29.1 Å². The van der Waals surface area contributed by atoms with Crippen molar-refractivity contribution in [2.24, 2.45) is 0 Å². The molecule has 2 aromatic carbocycles. The maximum atomic E-state index is 12.3. The van der Waals surface area contributed by atoms with Crippen molar-refractivity contribution in [3.05, 3.63) is 63.6 Å². The summed E-state index contributed by atoms with van der Waals surface area (Å²) in [6.45, 7) is 6.23. The monoisotopic (exact) mass is 331 g/mol. The fraction of sp³-hybridized carbons (Fsp3) is 0.235. The number of amides is 1. The molecule has 20 heavy (non-hydrogen) atoms. The number of carbonyl (C=O) groups excluding carboxylic acids is 1. The highest BCUT2D eigenvalue weighted by Crippen LogP contribution is 2.21. The van der Waals surface area contributed by atoms with Gasteiger partial charge in [0.05, 0.1) is 0 Å². The average molecular weight is 332 g/mol. The standard InChI is InChI=1S/C17H18BrNO/c1-11(2)13-7-9-14(10-8-13)19-17(20)15-5-4-6-16(18)12(15)3/h4-11H,1-3H3,(H,19,20). The van der Waals surface area contributed by atoms with E-state index in [-0.39, 0.29) is 5.91 Å². The molecule has 2 aromatic rings. The van der Waals surface area contributed by atoms with Gasteiger partial charge in [0.15, 0.2) is 0 Å². The van der Waals surface area contributed by atoms with Crippen LogP contribution in [0.4, 0.5) is 5.69 Å². The lowest BCUT2D eigenvalue weighted by Gasteiger charge is -2.10. The largest absolute Gasteiger partial charge is 0.322 e. The van der Waals surface area contributed by atoms with Gasteiger partial charge in [-0.05, 0) is 48.2 Å². The molecular formula is C17H18BrNO. The Balaban J connectivity index is 2.17. The fourth-order valence-corrected chi connectivity index (χ4v) is 2.37. The highest BCUT2D eigenvalue weighted by molar-refractivity contribution is 9.10. The molecule has 2 nitrogen and oxygen atoms in total. The normalized spacial score (nSPS) is 10.7. The molecule has 1 amide bonds. The van der Waals surface area contributed by atoms with Crippen molar-refractivity contribution >= 4 is 27.5 Å². The van der Waals surface area contributed by atoms with Crippen LogP contribution in [0, 0.1) is 6.92 Å². The third kappa shape index (κ3) is 3.28. The van der Waals surface area contributed by atoms with Crippen LogP contribution in [0.3, 0.4) is 0 Å². The van der Waals surface area contributed by atoms with E-state index in [9.17, 15) is 4.79 Å². The summed E-state index contributed by atoms with van der Waals surface area (Å²) in [6.07, 6.45) is 0. The Morgan fingerprint density at radius 1 is 1.10 bits per heavy atom. The minimum absolute atomic E-state index is 0.0823. The number of halogens is 1. The van der Waals surface area contributed by atoms with Crippen molar-refractivity contribution in [3.63, 3.8) is 0 Å². The second kappa shape index (κ2) is 6.23. The van der Waals surface area contributed by atoms with Gasteiger partial charge in [-0.1, -0.05) is 48.0 Å². The molecule has 0 aromatic heterocycles. The van der Waals surface area contributed by atoms with Crippen LogP contribution in [-0.4, -0.2) is 5.91 Å². The first-order chi connectivity index (χ1) is 9.49. The minimum Gasteiger partial charge on any atom is -0.322 e. The Morgan fingerprint density at radius 3 is 2.35 bits per heavy atom. The molecule has 0 saturated carbocycles. The first-order valence-corrected chi connectivity index (χ1v) is 7.44. The Morgan fingerprint density at radius 2 is 1.75 bits per heavy atom. The van der Waals surface area contributed by atoms with E-state index in [1.165, 1.54) is 5.56 Å². The van der Waals surface area contributed by atoms with Crippen LogP contribution in [-0.2, 0) is 0 Å². The number of benzene rings is 2. The van der Waals surface area contributed by atoms with Crippen molar-refractivity contribution in [3.8, 4) is 0 Å². The molecule has 0 fully saturated rings. The van der Waals surface area contributed by atoms with Gasteiger partial charge in [-0.25, -0.2) is 0 Å². The molecule has 0 heterocycles. The van der Waals surface area contributed by atoms with Crippen molar-refractivity contribution < 1.29 is 4.79 Å². The third-order valence-corrected chi connectivity index (χ3v) is 4.21. The molecule has 0 unspecified atom stereocenters. The number of hydrogen-bond acceptors (Lipinski definition) is 1. The van der Waals surface area contributed by atoms with Gasteiger partial charge >= 0.3 is 0 Å². The molecule has 1 N–H and O–H groups in total. The molecule has 0 saturated heterocycles. The van der Waals surface area contributed by atoms with Crippen LogP contribution in [0.5, 0.6) is 0 Å². The summed E-state index contributed by atoms with van der Waals surface area (Å²) in [7, 11) is 0. The molecule has 0 aliphatic carbocycles. The number of hydrogen-bond donors (Lipinski definition) is 1. The average Bonchev–Trinajstić information content (AvgIpc) is 2.42. The third-order valence-electron chi connectivity index (χ3n) is 3.35.